The zero-order valence-electron chi connectivity index (χ0n) is 18.6. The van der Waals surface area contributed by atoms with E-state index < -0.39 is 5.41 Å². The van der Waals surface area contributed by atoms with Gasteiger partial charge < -0.3 is 9.80 Å². The summed E-state index contributed by atoms with van der Waals surface area (Å²) in [4.78, 5) is 30.7. The predicted molar refractivity (Wildman–Crippen MR) is 112 cm³/mol. The summed E-state index contributed by atoms with van der Waals surface area (Å²) in [5, 5.41) is 0. The first-order valence-corrected chi connectivity index (χ1v) is 11.8. The number of carbonyl (C=O) groups excluding carboxylic acids is 2. The molecule has 4 fully saturated rings. The molecule has 0 radical (unpaired) electrons. The summed E-state index contributed by atoms with van der Waals surface area (Å²) in [7, 11) is 0. The van der Waals surface area contributed by atoms with Crippen LogP contribution in [0.1, 0.15) is 65.7 Å². The van der Waals surface area contributed by atoms with Gasteiger partial charge in [0.25, 0.3) is 0 Å². The number of nitrogens with zero attached hydrogens (tertiary/aromatic N) is 1. The fourth-order valence-electron chi connectivity index (χ4n) is 6.39. The molecule has 0 spiro atoms. The van der Waals surface area contributed by atoms with Gasteiger partial charge in [-0.15, -0.1) is 0 Å². The van der Waals surface area contributed by atoms with Crippen molar-refractivity contribution in [2.45, 2.75) is 71.8 Å². The third-order valence-electron chi connectivity index (χ3n) is 8.99. The lowest BCUT2D eigenvalue weighted by Crippen LogP contribution is -3.29. The molecule has 2 aliphatic heterocycles. The molecule has 2 amide bonds. The lowest BCUT2D eigenvalue weighted by Gasteiger charge is -2.47. The Morgan fingerprint density at radius 3 is 2.34 bits per heavy atom. The molecule has 2 N–H and O–H groups in total. The third-order valence-corrected chi connectivity index (χ3v) is 8.99. The van der Waals surface area contributed by atoms with Gasteiger partial charge in [0, 0.05) is 5.92 Å². The second-order valence-corrected chi connectivity index (χ2v) is 10.6. The standard InChI is InChI=1S/C24H37N3O2/c1-23(2)20-11-12-24(23,3)22(29)27(21(20)28)14-8-7-13-25-15-17-26(18-16-25)19-9-5-4-6-10-19/h19-20H,4-6,9-18H2,1-3H3/p+2/t20-,24+/m0/s1. The molecule has 5 nitrogen and oxygen atoms in total. The number of likely N-dealkylation sites (tertiary alicyclic amines) is 1. The van der Waals surface area contributed by atoms with Crippen molar-refractivity contribution in [3.8, 4) is 11.8 Å². The van der Waals surface area contributed by atoms with E-state index in [-0.39, 0.29) is 29.7 Å². The second-order valence-electron chi connectivity index (χ2n) is 10.6. The molecule has 0 unspecified atom stereocenters. The zero-order valence-corrected chi connectivity index (χ0v) is 18.6. The summed E-state index contributed by atoms with van der Waals surface area (Å²) in [6.45, 7) is 12.2. The normalized spacial score (nSPS) is 37.3. The molecule has 0 aromatic heterocycles. The SMILES string of the molecule is CC1(C)[C@H]2CC[C@]1(C)C(=O)N(CC#CC[NH+]1CC[NH+](C3CCCCC3)CC1)C2=O. The van der Waals surface area contributed by atoms with Gasteiger partial charge in [-0.05, 0) is 49.9 Å². The Morgan fingerprint density at radius 2 is 1.66 bits per heavy atom. The van der Waals surface area contributed by atoms with E-state index in [1.165, 1.54) is 63.2 Å². The highest BCUT2D eigenvalue weighted by molar-refractivity contribution is 6.04. The molecule has 4 rings (SSSR count). The van der Waals surface area contributed by atoms with Gasteiger partial charge in [0.2, 0.25) is 11.8 Å². The van der Waals surface area contributed by atoms with E-state index in [4.69, 9.17) is 0 Å². The van der Waals surface area contributed by atoms with Crippen LogP contribution in [0.4, 0.5) is 0 Å². The molecule has 5 heteroatoms. The van der Waals surface area contributed by atoms with Crippen molar-refractivity contribution in [3.63, 3.8) is 0 Å². The van der Waals surface area contributed by atoms with E-state index in [0.717, 1.165) is 25.4 Å². The van der Waals surface area contributed by atoms with Gasteiger partial charge in [-0.2, -0.15) is 0 Å². The Bertz CT molecular complexity index is 707. The monoisotopic (exact) mass is 401 g/mol. The number of rotatable bonds is 3. The maximum Gasteiger partial charge on any atom is 0.236 e. The highest BCUT2D eigenvalue weighted by atomic mass is 16.2. The van der Waals surface area contributed by atoms with E-state index in [1.54, 1.807) is 4.90 Å². The largest absolute Gasteiger partial charge is 0.323 e. The molecule has 2 bridgehead atoms. The Morgan fingerprint density at radius 1 is 0.966 bits per heavy atom. The van der Waals surface area contributed by atoms with Crippen LogP contribution in [0.15, 0.2) is 0 Å². The van der Waals surface area contributed by atoms with Crippen LogP contribution in [0.2, 0.25) is 0 Å². The molecule has 29 heavy (non-hydrogen) atoms. The summed E-state index contributed by atoms with van der Waals surface area (Å²) in [5.41, 5.74) is -0.660. The number of nitrogens with one attached hydrogen (secondary N) is 2. The number of hydrogen-bond donors (Lipinski definition) is 2. The van der Waals surface area contributed by atoms with E-state index >= 15 is 0 Å². The summed E-state index contributed by atoms with van der Waals surface area (Å²) in [5.74, 6) is 6.40. The fourth-order valence-corrected chi connectivity index (χ4v) is 6.39. The van der Waals surface area contributed by atoms with Crippen molar-refractivity contribution >= 4 is 11.8 Å². The van der Waals surface area contributed by atoms with Crippen LogP contribution in [-0.2, 0) is 9.59 Å². The van der Waals surface area contributed by atoms with Crippen LogP contribution in [0.25, 0.3) is 0 Å². The fraction of sp³-hybridized carbons (Fsp3) is 0.833. The first kappa shape index (κ1) is 20.9. The summed E-state index contributed by atoms with van der Waals surface area (Å²) < 4.78 is 0. The highest BCUT2D eigenvalue weighted by Crippen LogP contribution is 2.59. The minimum atomic E-state index is -0.420. The average molecular weight is 402 g/mol. The van der Waals surface area contributed by atoms with Gasteiger partial charge in [-0.3, -0.25) is 14.5 Å². The van der Waals surface area contributed by atoms with E-state index in [9.17, 15) is 9.59 Å². The van der Waals surface area contributed by atoms with Crippen LogP contribution in [0.3, 0.4) is 0 Å². The molecular formula is C24H39N3O2+2. The zero-order chi connectivity index (χ0) is 20.6. The van der Waals surface area contributed by atoms with Crippen molar-refractivity contribution in [2.24, 2.45) is 16.7 Å². The number of piperidine rings is 1. The molecule has 160 valence electrons. The molecule has 2 aliphatic carbocycles. The Kier molecular flexibility index (Phi) is 5.79. The maximum atomic E-state index is 13.0. The number of hydrogen-bond acceptors (Lipinski definition) is 2. The lowest BCUT2D eigenvalue weighted by molar-refractivity contribution is -1.02. The molecular weight excluding hydrogens is 362 g/mol. The van der Waals surface area contributed by atoms with Crippen LogP contribution < -0.4 is 9.80 Å². The van der Waals surface area contributed by atoms with Gasteiger partial charge in [0.05, 0.1) is 18.0 Å². The number of amides is 2. The van der Waals surface area contributed by atoms with Crippen molar-refractivity contribution in [1.29, 1.82) is 0 Å². The molecule has 0 aromatic carbocycles. The average Bonchev–Trinajstić information content (AvgIpc) is 2.92. The predicted octanol–water partition coefficient (Wildman–Crippen LogP) is -0.0828. The molecule has 2 atom stereocenters. The second kappa shape index (κ2) is 8.04. The minimum absolute atomic E-state index is 0.00122. The van der Waals surface area contributed by atoms with E-state index in [1.807, 2.05) is 11.8 Å². The number of imide groups is 1. The summed E-state index contributed by atoms with van der Waals surface area (Å²) in [6, 6.07) is 0.897. The summed E-state index contributed by atoms with van der Waals surface area (Å²) in [6.07, 6.45) is 8.74. The Hall–Kier alpha value is -1.38. The molecule has 2 saturated heterocycles. The van der Waals surface area contributed by atoms with Crippen LogP contribution in [0, 0.1) is 28.6 Å². The van der Waals surface area contributed by atoms with Crippen molar-refractivity contribution in [2.75, 3.05) is 39.3 Å². The Labute approximate surface area is 176 Å². The quantitative estimate of drug-likeness (QED) is 0.513. The molecule has 2 saturated carbocycles. The van der Waals surface area contributed by atoms with E-state index in [0.29, 0.717) is 0 Å². The number of carbonyl (C=O) groups is 2. The van der Waals surface area contributed by atoms with Crippen molar-refractivity contribution < 1.29 is 19.4 Å². The summed E-state index contributed by atoms with van der Waals surface area (Å²) >= 11 is 0. The minimum Gasteiger partial charge on any atom is -0.323 e. The van der Waals surface area contributed by atoms with Crippen LogP contribution >= 0.6 is 0 Å². The van der Waals surface area contributed by atoms with Crippen molar-refractivity contribution in [1.82, 2.24) is 4.90 Å². The smallest absolute Gasteiger partial charge is 0.236 e. The van der Waals surface area contributed by atoms with Crippen molar-refractivity contribution in [3.05, 3.63) is 0 Å². The third kappa shape index (κ3) is 3.64. The van der Waals surface area contributed by atoms with E-state index in [2.05, 4.69) is 25.7 Å². The number of piperazine rings is 1. The first-order valence-electron chi connectivity index (χ1n) is 11.8. The maximum absolute atomic E-state index is 13.0. The lowest BCUT2D eigenvalue weighted by atomic mass is 9.62. The first-order chi connectivity index (χ1) is 13.8. The molecule has 0 aromatic rings. The van der Waals surface area contributed by atoms with Gasteiger partial charge >= 0.3 is 0 Å². The van der Waals surface area contributed by atoms with Crippen LogP contribution in [-0.4, -0.2) is 62.0 Å². The van der Waals surface area contributed by atoms with Crippen LogP contribution in [0.5, 0.6) is 0 Å². The molecule has 4 aliphatic rings. The number of fused-ring (bicyclic) bond motifs is 2. The van der Waals surface area contributed by atoms with Gasteiger partial charge in [0.1, 0.15) is 32.7 Å². The highest BCUT2D eigenvalue weighted by Gasteiger charge is 2.64. The van der Waals surface area contributed by atoms with Gasteiger partial charge in [0.15, 0.2) is 0 Å². The van der Waals surface area contributed by atoms with Gasteiger partial charge in [-0.1, -0.05) is 33.1 Å². The van der Waals surface area contributed by atoms with Gasteiger partial charge in [-0.25, -0.2) is 0 Å². The number of quaternary nitrogens is 2. The Balaban J connectivity index is 1.27. The molecule has 2 heterocycles. The topological polar surface area (TPSA) is 46.3 Å².